The van der Waals surface area contributed by atoms with E-state index in [0.29, 0.717) is 13.1 Å². The Balaban J connectivity index is 2.54. The summed E-state index contributed by atoms with van der Waals surface area (Å²) >= 11 is 1.04. The van der Waals surface area contributed by atoms with Crippen LogP contribution >= 0.6 is 11.8 Å². The summed E-state index contributed by atoms with van der Waals surface area (Å²) in [6.45, 7) is 0.697. The maximum absolute atomic E-state index is 10.8. The number of thioether (sulfide) groups is 1. The van der Waals surface area contributed by atoms with Crippen molar-refractivity contribution in [2.45, 2.75) is 0 Å². The van der Waals surface area contributed by atoms with Crippen molar-refractivity contribution < 1.29 is 9.59 Å². The average Bonchev–Trinajstić information content (AvgIpc) is 2.20. The second-order valence-electron chi connectivity index (χ2n) is 1.89. The van der Waals surface area contributed by atoms with Crippen molar-refractivity contribution >= 4 is 22.9 Å². The fourth-order valence-electron chi connectivity index (χ4n) is 0.726. The highest BCUT2D eigenvalue weighted by molar-refractivity contribution is 8.14. The van der Waals surface area contributed by atoms with Gasteiger partial charge in [0.2, 0.25) is 5.91 Å². The van der Waals surface area contributed by atoms with Crippen LogP contribution in [-0.2, 0) is 4.79 Å². The molecule has 0 spiro atoms. The molecule has 1 saturated heterocycles. The largest absolute Gasteiger partial charge is 0.329 e. The van der Waals surface area contributed by atoms with Gasteiger partial charge in [0.25, 0.3) is 5.24 Å². The van der Waals surface area contributed by atoms with Crippen LogP contribution in [0, 0.1) is 0 Å². The normalized spacial score (nSPS) is 18.7. The Bertz CT molecular complexity index is 155. The number of amides is 2. The summed E-state index contributed by atoms with van der Waals surface area (Å²) in [5.74, 6) is 0.152. The van der Waals surface area contributed by atoms with Crippen molar-refractivity contribution in [3.63, 3.8) is 0 Å². The van der Waals surface area contributed by atoms with Gasteiger partial charge in [-0.25, -0.2) is 0 Å². The molecule has 0 aromatic carbocycles. The van der Waals surface area contributed by atoms with Crippen LogP contribution in [0.15, 0.2) is 0 Å². The van der Waals surface area contributed by atoms with E-state index in [-0.39, 0.29) is 16.9 Å². The van der Waals surface area contributed by atoms with Crippen molar-refractivity contribution in [3.8, 4) is 0 Å². The smallest absolute Gasteiger partial charge is 0.288 e. The van der Waals surface area contributed by atoms with Gasteiger partial charge < -0.3 is 5.73 Å². The Hall–Kier alpha value is -0.550. The van der Waals surface area contributed by atoms with Crippen LogP contribution in [0.5, 0.6) is 0 Å². The Morgan fingerprint density at radius 3 is 2.70 bits per heavy atom. The third kappa shape index (κ3) is 1.30. The molecular formula is C5H8N2O2S. The van der Waals surface area contributed by atoms with E-state index in [2.05, 4.69) is 0 Å². The Labute approximate surface area is 62.7 Å². The van der Waals surface area contributed by atoms with Gasteiger partial charge in [-0.2, -0.15) is 0 Å². The van der Waals surface area contributed by atoms with E-state index in [1.807, 2.05) is 0 Å². The van der Waals surface area contributed by atoms with Gasteiger partial charge in [0.1, 0.15) is 0 Å². The number of hydrogen-bond donors (Lipinski definition) is 1. The zero-order chi connectivity index (χ0) is 7.56. The molecule has 1 fully saturated rings. The maximum atomic E-state index is 10.8. The lowest BCUT2D eigenvalue weighted by Gasteiger charge is -2.09. The molecule has 56 valence electrons. The molecule has 5 heteroatoms. The summed E-state index contributed by atoms with van der Waals surface area (Å²) in [6, 6.07) is 0. The van der Waals surface area contributed by atoms with Crippen LogP contribution in [-0.4, -0.2) is 34.9 Å². The number of nitrogens with zero attached hydrogens (tertiary/aromatic N) is 1. The van der Waals surface area contributed by atoms with Crippen molar-refractivity contribution in [1.29, 1.82) is 0 Å². The van der Waals surface area contributed by atoms with E-state index in [1.165, 1.54) is 4.90 Å². The van der Waals surface area contributed by atoms with Crippen LogP contribution in [0.2, 0.25) is 0 Å². The number of imide groups is 1. The number of carbonyl (C=O) groups is 2. The number of nitrogens with two attached hydrogens (primary N) is 1. The van der Waals surface area contributed by atoms with E-state index in [0.717, 1.165) is 11.8 Å². The third-order valence-corrected chi connectivity index (χ3v) is 2.05. The zero-order valence-corrected chi connectivity index (χ0v) is 6.19. The van der Waals surface area contributed by atoms with Crippen LogP contribution in [0.4, 0.5) is 4.79 Å². The molecule has 2 amide bonds. The monoisotopic (exact) mass is 160 g/mol. The van der Waals surface area contributed by atoms with Crippen LogP contribution in [0.1, 0.15) is 0 Å². The molecule has 1 heterocycles. The predicted molar refractivity (Wildman–Crippen MR) is 38.6 cm³/mol. The van der Waals surface area contributed by atoms with Gasteiger partial charge in [-0.3, -0.25) is 14.5 Å². The first-order chi connectivity index (χ1) is 4.75. The first-order valence-corrected chi connectivity index (χ1v) is 3.91. The van der Waals surface area contributed by atoms with Gasteiger partial charge in [0.15, 0.2) is 0 Å². The number of carbonyl (C=O) groups excluding carboxylic acids is 2. The Kier molecular flexibility index (Phi) is 2.29. The number of rotatable bonds is 2. The topological polar surface area (TPSA) is 63.4 Å². The van der Waals surface area contributed by atoms with Crippen LogP contribution in [0.25, 0.3) is 0 Å². The SMILES string of the molecule is NCCN1C(=O)CSC1=O. The standard InChI is InChI=1S/C5H8N2O2S/c6-1-2-7-4(8)3-10-5(7)9/h1-3,6H2. The summed E-state index contributed by atoms with van der Waals surface area (Å²) in [4.78, 5) is 22.8. The van der Waals surface area contributed by atoms with E-state index in [4.69, 9.17) is 5.73 Å². The lowest BCUT2D eigenvalue weighted by atomic mass is 10.5. The highest BCUT2D eigenvalue weighted by atomic mass is 32.2. The third-order valence-electron chi connectivity index (χ3n) is 1.19. The summed E-state index contributed by atoms with van der Waals surface area (Å²) in [5, 5.41) is -0.171. The predicted octanol–water partition coefficient (Wildman–Crippen LogP) is -0.359. The fourth-order valence-corrected chi connectivity index (χ4v) is 1.48. The summed E-state index contributed by atoms with van der Waals surface area (Å²) < 4.78 is 0. The minimum atomic E-state index is -0.171. The Morgan fingerprint density at radius 1 is 1.60 bits per heavy atom. The van der Waals surface area contributed by atoms with E-state index in [1.54, 1.807) is 0 Å². The van der Waals surface area contributed by atoms with Crippen LogP contribution in [0.3, 0.4) is 0 Å². The Morgan fingerprint density at radius 2 is 2.30 bits per heavy atom. The molecule has 1 aliphatic heterocycles. The molecule has 0 aromatic rings. The fraction of sp³-hybridized carbons (Fsp3) is 0.600. The summed E-state index contributed by atoms with van der Waals surface area (Å²) in [7, 11) is 0. The molecule has 0 bridgehead atoms. The average molecular weight is 160 g/mol. The first-order valence-electron chi connectivity index (χ1n) is 2.93. The van der Waals surface area contributed by atoms with Crippen molar-refractivity contribution in [2.24, 2.45) is 5.73 Å². The molecule has 0 radical (unpaired) electrons. The van der Waals surface area contributed by atoms with Crippen molar-refractivity contribution in [3.05, 3.63) is 0 Å². The van der Waals surface area contributed by atoms with E-state index in [9.17, 15) is 9.59 Å². The van der Waals surface area contributed by atoms with Crippen molar-refractivity contribution in [1.82, 2.24) is 4.90 Å². The van der Waals surface area contributed by atoms with Gasteiger partial charge in [-0.15, -0.1) is 0 Å². The summed E-state index contributed by atoms with van der Waals surface area (Å²) in [5.41, 5.74) is 5.18. The minimum absolute atomic E-state index is 0.125. The molecule has 2 N–H and O–H groups in total. The van der Waals surface area contributed by atoms with Gasteiger partial charge >= 0.3 is 0 Å². The second kappa shape index (κ2) is 3.03. The second-order valence-corrected chi connectivity index (χ2v) is 2.82. The molecule has 0 aliphatic carbocycles. The van der Waals surface area contributed by atoms with Gasteiger partial charge in [-0.1, -0.05) is 11.8 Å². The molecule has 1 rings (SSSR count). The number of hydrogen-bond acceptors (Lipinski definition) is 4. The molecule has 0 unspecified atom stereocenters. The molecule has 0 saturated carbocycles. The van der Waals surface area contributed by atoms with E-state index >= 15 is 0 Å². The summed E-state index contributed by atoms with van der Waals surface area (Å²) in [6.07, 6.45) is 0. The zero-order valence-electron chi connectivity index (χ0n) is 5.37. The highest BCUT2D eigenvalue weighted by Crippen LogP contribution is 2.17. The highest BCUT2D eigenvalue weighted by Gasteiger charge is 2.28. The lowest BCUT2D eigenvalue weighted by Crippen LogP contribution is -2.33. The van der Waals surface area contributed by atoms with Crippen LogP contribution < -0.4 is 5.73 Å². The molecule has 4 nitrogen and oxygen atoms in total. The molecule has 0 aromatic heterocycles. The molecule has 10 heavy (non-hydrogen) atoms. The quantitative estimate of drug-likeness (QED) is 0.599. The van der Waals surface area contributed by atoms with Gasteiger partial charge in [-0.05, 0) is 0 Å². The minimum Gasteiger partial charge on any atom is -0.329 e. The van der Waals surface area contributed by atoms with Crippen molar-refractivity contribution in [2.75, 3.05) is 18.8 Å². The lowest BCUT2D eigenvalue weighted by molar-refractivity contribution is -0.124. The first kappa shape index (κ1) is 7.56. The van der Waals surface area contributed by atoms with E-state index < -0.39 is 0 Å². The van der Waals surface area contributed by atoms with Gasteiger partial charge in [0, 0.05) is 13.1 Å². The molecule has 0 atom stereocenters. The van der Waals surface area contributed by atoms with Gasteiger partial charge in [0.05, 0.1) is 5.75 Å². The molecular weight excluding hydrogens is 152 g/mol. The molecule has 1 aliphatic rings. The maximum Gasteiger partial charge on any atom is 0.288 e.